The van der Waals surface area contributed by atoms with Crippen molar-refractivity contribution in [2.45, 2.75) is 11.3 Å². The van der Waals surface area contributed by atoms with Crippen LogP contribution in [0.2, 0.25) is 0 Å². The Labute approximate surface area is 145 Å². The van der Waals surface area contributed by atoms with Crippen molar-refractivity contribution < 1.29 is 19.2 Å². The smallest absolute Gasteiger partial charge is 0.360 e. The first-order chi connectivity index (χ1) is 11.5. The molecule has 1 amide bonds. The molecule has 0 saturated heterocycles. The van der Waals surface area contributed by atoms with E-state index in [-0.39, 0.29) is 28.6 Å². The number of carbonyl (C=O) groups is 2. The number of ether oxygens (including phenoxy) is 1. The number of nitrogens with one attached hydrogen (secondary N) is 1. The monoisotopic (exact) mass is 367 g/mol. The van der Waals surface area contributed by atoms with E-state index in [1.165, 1.54) is 36.0 Å². The van der Waals surface area contributed by atoms with E-state index < -0.39 is 16.8 Å². The fourth-order valence-electron chi connectivity index (χ4n) is 1.81. The number of aromatic nitrogens is 1. The summed E-state index contributed by atoms with van der Waals surface area (Å²) in [5.74, 6) is -1.35. The number of rotatable bonds is 6. The van der Waals surface area contributed by atoms with Crippen molar-refractivity contribution in [1.29, 1.82) is 0 Å². The van der Waals surface area contributed by atoms with Crippen LogP contribution in [0.25, 0.3) is 0 Å². The highest BCUT2D eigenvalue weighted by molar-refractivity contribution is 8.00. The fraction of sp³-hybridized carbons (Fsp3) is 0.214. The molecule has 0 fully saturated rings. The predicted octanol–water partition coefficient (Wildman–Crippen LogP) is 3.20. The minimum Gasteiger partial charge on any atom is -0.461 e. The van der Waals surface area contributed by atoms with Gasteiger partial charge in [-0.15, -0.1) is 0 Å². The molecular weight excluding hydrogens is 354 g/mol. The van der Waals surface area contributed by atoms with Gasteiger partial charge in [-0.1, -0.05) is 35.2 Å². The zero-order valence-electron chi connectivity index (χ0n) is 12.8. The highest BCUT2D eigenvalue weighted by Crippen LogP contribution is 2.32. The zero-order valence-corrected chi connectivity index (χ0v) is 14.4. The number of thiazole rings is 1. The summed E-state index contributed by atoms with van der Waals surface area (Å²) in [6.45, 7) is 1.83. The van der Waals surface area contributed by atoms with Crippen molar-refractivity contribution in [3.05, 3.63) is 45.6 Å². The second kappa shape index (κ2) is 7.88. The number of amides is 1. The van der Waals surface area contributed by atoms with Crippen LogP contribution in [0.3, 0.4) is 0 Å². The number of nitro benzene ring substituents is 1. The van der Waals surface area contributed by atoms with Crippen LogP contribution in [0.5, 0.6) is 0 Å². The van der Waals surface area contributed by atoms with E-state index >= 15 is 0 Å². The van der Waals surface area contributed by atoms with Gasteiger partial charge in [-0.2, -0.15) is 0 Å². The molecule has 0 atom stereocenters. The van der Waals surface area contributed by atoms with E-state index in [9.17, 15) is 19.7 Å². The Morgan fingerprint density at radius 2 is 2.12 bits per heavy atom. The van der Waals surface area contributed by atoms with Crippen LogP contribution in [-0.2, 0) is 4.74 Å². The van der Waals surface area contributed by atoms with E-state index in [4.69, 9.17) is 4.74 Å². The molecular formula is C14H13N3O5S2. The van der Waals surface area contributed by atoms with Gasteiger partial charge in [0.25, 0.3) is 11.6 Å². The van der Waals surface area contributed by atoms with E-state index in [1.807, 2.05) is 0 Å². The van der Waals surface area contributed by atoms with Crippen molar-refractivity contribution >= 4 is 45.7 Å². The first-order valence-corrected chi connectivity index (χ1v) is 8.78. The number of esters is 1. The molecule has 0 spiro atoms. The van der Waals surface area contributed by atoms with Crippen LogP contribution in [0.15, 0.2) is 28.6 Å². The largest absolute Gasteiger partial charge is 0.461 e. The van der Waals surface area contributed by atoms with Crippen molar-refractivity contribution in [2.75, 3.05) is 18.2 Å². The van der Waals surface area contributed by atoms with Crippen LogP contribution in [0, 0.1) is 10.1 Å². The number of carbonyl (C=O) groups excluding carboxylic acids is 2. The van der Waals surface area contributed by atoms with Gasteiger partial charge < -0.3 is 10.1 Å². The van der Waals surface area contributed by atoms with Gasteiger partial charge in [0.1, 0.15) is 10.6 Å². The first kappa shape index (κ1) is 17.9. The number of anilines is 1. The second-order valence-electron chi connectivity index (χ2n) is 4.31. The van der Waals surface area contributed by atoms with E-state index in [2.05, 4.69) is 10.3 Å². The van der Waals surface area contributed by atoms with E-state index in [0.29, 0.717) is 4.34 Å². The molecule has 2 aromatic rings. The van der Waals surface area contributed by atoms with Gasteiger partial charge in [-0.25, -0.2) is 9.78 Å². The summed E-state index contributed by atoms with van der Waals surface area (Å²) in [5, 5.41) is 13.7. The maximum absolute atomic E-state index is 12.4. The van der Waals surface area contributed by atoms with E-state index in [0.717, 1.165) is 11.3 Å². The maximum Gasteiger partial charge on any atom is 0.360 e. The number of hydrogen-bond donors (Lipinski definition) is 1. The van der Waals surface area contributed by atoms with Gasteiger partial charge in [0.2, 0.25) is 0 Å². The molecule has 0 aliphatic carbocycles. The SMILES string of the molecule is CCOC(=O)c1nc(SC)sc1NC(=O)c1ccccc1[N+](=O)[O-]. The van der Waals surface area contributed by atoms with Crippen molar-refractivity contribution in [3.8, 4) is 0 Å². The van der Waals surface area contributed by atoms with Gasteiger partial charge in [-0.3, -0.25) is 14.9 Å². The van der Waals surface area contributed by atoms with Crippen molar-refractivity contribution in [1.82, 2.24) is 4.98 Å². The van der Waals surface area contributed by atoms with Crippen LogP contribution in [-0.4, -0.2) is 34.6 Å². The summed E-state index contributed by atoms with van der Waals surface area (Å²) in [6, 6.07) is 5.57. The Kier molecular flexibility index (Phi) is 5.88. The van der Waals surface area contributed by atoms with Crippen LogP contribution in [0.4, 0.5) is 10.7 Å². The lowest BCUT2D eigenvalue weighted by molar-refractivity contribution is -0.385. The number of para-hydroxylation sites is 1. The normalized spacial score (nSPS) is 10.2. The number of benzene rings is 1. The number of thioether (sulfide) groups is 1. The summed E-state index contributed by atoms with van der Waals surface area (Å²) in [4.78, 5) is 38.8. The average molecular weight is 367 g/mol. The zero-order chi connectivity index (χ0) is 17.7. The Morgan fingerprint density at radius 3 is 2.75 bits per heavy atom. The third kappa shape index (κ3) is 3.89. The molecule has 10 heteroatoms. The lowest BCUT2D eigenvalue weighted by Gasteiger charge is -2.05. The summed E-state index contributed by atoms with van der Waals surface area (Å²) in [7, 11) is 0. The lowest BCUT2D eigenvalue weighted by atomic mass is 10.1. The highest BCUT2D eigenvalue weighted by Gasteiger charge is 2.24. The van der Waals surface area contributed by atoms with Crippen molar-refractivity contribution in [2.24, 2.45) is 0 Å². The number of nitro groups is 1. The highest BCUT2D eigenvalue weighted by atomic mass is 32.2. The summed E-state index contributed by atoms with van der Waals surface area (Å²) in [5.41, 5.74) is -0.433. The summed E-state index contributed by atoms with van der Waals surface area (Å²) in [6.07, 6.45) is 1.78. The third-order valence-electron chi connectivity index (χ3n) is 2.82. The van der Waals surface area contributed by atoms with Crippen LogP contribution in [0.1, 0.15) is 27.8 Å². The molecule has 0 aliphatic heterocycles. The molecule has 1 heterocycles. The standard InChI is InChI=1S/C14H13N3O5S2/c1-3-22-13(19)10-12(24-14(15-10)23-2)16-11(18)8-6-4-5-7-9(8)17(20)21/h4-7H,3H2,1-2H3,(H,16,18). The molecule has 0 bridgehead atoms. The molecule has 0 unspecified atom stereocenters. The predicted molar refractivity (Wildman–Crippen MR) is 90.9 cm³/mol. The quantitative estimate of drug-likeness (QED) is 0.361. The first-order valence-electron chi connectivity index (χ1n) is 6.74. The Morgan fingerprint density at radius 1 is 1.42 bits per heavy atom. The molecule has 0 aliphatic rings. The van der Waals surface area contributed by atoms with Crippen molar-refractivity contribution in [3.63, 3.8) is 0 Å². The van der Waals surface area contributed by atoms with E-state index in [1.54, 1.807) is 13.2 Å². The fourth-order valence-corrected chi connectivity index (χ4v) is 3.25. The third-order valence-corrected chi connectivity index (χ3v) is 4.78. The molecule has 8 nitrogen and oxygen atoms in total. The molecule has 0 saturated carbocycles. The topological polar surface area (TPSA) is 111 Å². The molecule has 126 valence electrons. The van der Waals surface area contributed by atoms with Crippen LogP contribution < -0.4 is 5.32 Å². The average Bonchev–Trinajstić information content (AvgIpc) is 2.98. The molecule has 1 N–H and O–H groups in total. The Bertz CT molecular complexity index is 790. The minimum absolute atomic E-state index is 0.0156. The second-order valence-corrected chi connectivity index (χ2v) is 6.36. The summed E-state index contributed by atoms with van der Waals surface area (Å²) < 4.78 is 5.48. The van der Waals surface area contributed by atoms with Gasteiger partial charge in [0, 0.05) is 6.07 Å². The molecule has 2 rings (SSSR count). The summed E-state index contributed by atoms with van der Waals surface area (Å²) >= 11 is 2.41. The Hall–Kier alpha value is -2.46. The van der Waals surface area contributed by atoms with Gasteiger partial charge >= 0.3 is 5.97 Å². The lowest BCUT2D eigenvalue weighted by Crippen LogP contribution is -2.16. The maximum atomic E-state index is 12.4. The number of nitrogens with zero attached hydrogens (tertiary/aromatic N) is 2. The molecule has 24 heavy (non-hydrogen) atoms. The Balaban J connectivity index is 2.34. The number of hydrogen-bond acceptors (Lipinski definition) is 8. The van der Waals surface area contributed by atoms with Gasteiger partial charge in [0.05, 0.1) is 11.5 Å². The molecule has 1 aromatic carbocycles. The molecule has 0 radical (unpaired) electrons. The van der Waals surface area contributed by atoms with Gasteiger partial charge in [0.15, 0.2) is 10.0 Å². The minimum atomic E-state index is -0.691. The van der Waals surface area contributed by atoms with Gasteiger partial charge in [-0.05, 0) is 19.2 Å². The molecule has 1 aromatic heterocycles. The van der Waals surface area contributed by atoms with Crippen LogP contribution >= 0.6 is 23.1 Å².